The van der Waals surface area contributed by atoms with Crippen LogP contribution >= 0.6 is 11.8 Å². The van der Waals surface area contributed by atoms with Crippen molar-refractivity contribution in [1.29, 1.82) is 0 Å². The summed E-state index contributed by atoms with van der Waals surface area (Å²) in [6.45, 7) is 3.68. The lowest BCUT2D eigenvalue weighted by atomic mass is 10.1. The van der Waals surface area contributed by atoms with Crippen molar-refractivity contribution in [2.45, 2.75) is 70.2 Å². The van der Waals surface area contributed by atoms with E-state index in [0.717, 1.165) is 55.0 Å². The Hall–Kier alpha value is -2.81. The number of hydrogen-bond acceptors (Lipinski definition) is 5. The second-order valence-corrected chi connectivity index (χ2v) is 10.1. The minimum atomic E-state index is -4.62. The van der Waals surface area contributed by atoms with Crippen LogP contribution < -0.4 is 9.64 Å². The third-order valence-corrected chi connectivity index (χ3v) is 7.34. The van der Waals surface area contributed by atoms with Crippen molar-refractivity contribution in [3.63, 3.8) is 0 Å². The van der Waals surface area contributed by atoms with Crippen LogP contribution in [0.5, 0.6) is 5.75 Å². The molecule has 0 saturated heterocycles. The van der Waals surface area contributed by atoms with Crippen LogP contribution in [0.4, 0.5) is 18.9 Å². The molecular formula is C27H30F3N3O2S. The molecule has 0 spiro atoms. The van der Waals surface area contributed by atoms with Crippen LogP contribution in [0.15, 0.2) is 53.3 Å². The number of aromatic nitrogens is 1. The zero-order chi connectivity index (χ0) is 25.7. The highest BCUT2D eigenvalue weighted by atomic mass is 32.2. The van der Waals surface area contributed by atoms with Crippen molar-refractivity contribution >= 4 is 34.2 Å². The SMILES string of the molecule is CCCCCCCCOc1ccc(N(C(C)=O)C2=NC(c3cccnc3)=C3CC3S2)cc1C(F)(F)F. The molecule has 1 amide bonds. The average Bonchev–Trinajstić information content (AvgIpc) is 3.63. The van der Waals surface area contributed by atoms with Crippen molar-refractivity contribution in [2.75, 3.05) is 11.5 Å². The molecule has 1 unspecified atom stereocenters. The normalized spacial score (nSPS) is 16.9. The predicted molar refractivity (Wildman–Crippen MR) is 138 cm³/mol. The highest BCUT2D eigenvalue weighted by Crippen LogP contribution is 2.51. The number of nitrogens with zero attached hydrogens (tertiary/aromatic N) is 3. The van der Waals surface area contributed by atoms with Crippen LogP contribution in [0.3, 0.4) is 0 Å². The number of carbonyl (C=O) groups is 1. The Balaban J connectivity index is 1.56. The number of fused-ring (bicyclic) bond motifs is 1. The Bertz CT molecular complexity index is 1150. The Morgan fingerprint density at radius 2 is 1.94 bits per heavy atom. The second kappa shape index (κ2) is 11.5. The van der Waals surface area contributed by atoms with E-state index in [1.54, 1.807) is 18.5 Å². The minimum absolute atomic E-state index is 0.114. The molecule has 2 heterocycles. The molecule has 192 valence electrons. The summed E-state index contributed by atoms with van der Waals surface area (Å²) in [4.78, 5) is 22.7. The molecule has 36 heavy (non-hydrogen) atoms. The standard InChI is InChI=1S/C27H30F3N3O2S/c1-3-4-5-6-7-8-14-35-23-12-11-20(15-22(23)27(28,29)30)33(18(2)34)26-32-25(21-16-24(21)36-26)19-10-9-13-31-17-19/h9-13,15,17,24H,3-8,14,16H2,1-2H3. The third-order valence-electron chi connectivity index (χ3n) is 6.12. The fraction of sp³-hybridized carbons (Fsp3) is 0.444. The molecule has 1 fully saturated rings. The van der Waals surface area contributed by atoms with Crippen LogP contribution in [0.25, 0.3) is 5.70 Å². The fourth-order valence-corrected chi connectivity index (χ4v) is 5.43. The Kier molecular flexibility index (Phi) is 8.39. The molecule has 2 aromatic rings. The summed E-state index contributed by atoms with van der Waals surface area (Å²) in [5.74, 6) is -0.633. The van der Waals surface area contributed by atoms with Gasteiger partial charge in [-0.1, -0.05) is 50.8 Å². The zero-order valence-electron chi connectivity index (χ0n) is 20.5. The van der Waals surface area contributed by atoms with Crippen LogP contribution in [-0.4, -0.2) is 27.9 Å². The van der Waals surface area contributed by atoms with E-state index in [2.05, 4.69) is 11.9 Å². The molecular weight excluding hydrogens is 487 g/mol. The number of halogens is 3. The van der Waals surface area contributed by atoms with E-state index >= 15 is 0 Å². The number of aliphatic imine (C=N–C) groups is 1. The number of alkyl halides is 3. The molecule has 4 rings (SSSR count). The van der Waals surface area contributed by atoms with Gasteiger partial charge in [-0.25, -0.2) is 4.99 Å². The molecule has 9 heteroatoms. The van der Waals surface area contributed by atoms with Crippen LogP contribution in [0.1, 0.15) is 69.9 Å². The maximum Gasteiger partial charge on any atom is 0.420 e. The number of hydrogen-bond donors (Lipinski definition) is 0. The molecule has 1 saturated carbocycles. The molecule has 1 aromatic heterocycles. The molecule has 1 atom stereocenters. The number of ether oxygens (including phenoxy) is 1. The van der Waals surface area contributed by atoms with E-state index in [1.807, 2.05) is 6.07 Å². The summed E-state index contributed by atoms with van der Waals surface area (Å²) in [6.07, 6.45) is 5.67. The molecule has 2 aliphatic rings. The number of carbonyl (C=O) groups excluding carboxylic acids is 1. The fourth-order valence-electron chi connectivity index (χ4n) is 4.18. The van der Waals surface area contributed by atoms with Gasteiger partial charge in [0.2, 0.25) is 5.91 Å². The van der Waals surface area contributed by atoms with Gasteiger partial charge >= 0.3 is 6.18 Å². The first-order valence-electron chi connectivity index (χ1n) is 12.3. The smallest absolute Gasteiger partial charge is 0.420 e. The lowest BCUT2D eigenvalue weighted by Crippen LogP contribution is -2.34. The summed E-state index contributed by atoms with van der Waals surface area (Å²) in [5.41, 5.74) is 1.94. The summed E-state index contributed by atoms with van der Waals surface area (Å²) >= 11 is 1.40. The second-order valence-electron chi connectivity index (χ2n) is 8.97. The van der Waals surface area contributed by atoms with Crippen molar-refractivity contribution in [2.24, 2.45) is 4.99 Å². The molecule has 1 aromatic carbocycles. The number of pyridine rings is 1. The van der Waals surface area contributed by atoms with Gasteiger partial charge in [0.1, 0.15) is 5.75 Å². The van der Waals surface area contributed by atoms with E-state index in [0.29, 0.717) is 11.6 Å². The first-order valence-corrected chi connectivity index (χ1v) is 13.2. The van der Waals surface area contributed by atoms with Gasteiger partial charge in [0.25, 0.3) is 0 Å². The molecule has 0 radical (unpaired) electrons. The van der Waals surface area contributed by atoms with Gasteiger partial charge in [-0.05, 0) is 48.7 Å². The number of anilines is 1. The molecule has 1 aliphatic carbocycles. The monoisotopic (exact) mass is 517 g/mol. The van der Waals surface area contributed by atoms with Gasteiger partial charge in [0.15, 0.2) is 5.17 Å². The van der Waals surface area contributed by atoms with Crippen LogP contribution in [0, 0.1) is 0 Å². The lowest BCUT2D eigenvalue weighted by molar-refractivity contribution is -0.139. The average molecular weight is 518 g/mol. The first-order chi connectivity index (χ1) is 17.3. The van der Waals surface area contributed by atoms with Crippen LogP contribution in [0.2, 0.25) is 0 Å². The molecule has 5 nitrogen and oxygen atoms in total. The number of thioether (sulfide) groups is 1. The molecule has 1 aliphatic heterocycles. The van der Waals surface area contributed by atoms with E-state index in [1.165, 1.54) is 42.1 Å². The van der Waals surface area contributed by atoms with E-state index in [4.69, 9.17) is 9.73 Å². The van der Waals surface area contributed by atoms with Gasteiger partial charge in [-0.2, -0.15) is 13.2 Å². The number of rotatable bonds is 10. The highest BCUT2D eigenvalue weighted by molar-refractivity contribution is 8.15. The number of amides is 1. The summed E-state index contributed by atoms with van der Waals surface area (Å²) in [6, 6.07) is 7.47. The largest absolute Gasteiger partial charge is 0.493 e. The van der Waals surface area contributed by atoms with E-state index in [9.17, 15) is 18.0 Å². The maximum absolute atomic E-state index is 14.0. The maximum atomic E-state index is 14.0. The number of unbranched alkanes of at least 4 members (excludes halogenated alkanes) is 5. The Morgan fingerprint density at radius 3 is 2.64 bits per heavy atom. The molecule has 0 bridgehead atoms. The highest BCUT2D eigenvalue weighted by Gasteiger charge is 2.42. The van der Waals surface area contributed by atoms with Gasteiger partial charge in [-0.3, -0.25) is 14.7 Å². The van der Waals surface area contributed by atoms with Crippen molar-refractivity contribution in [1.82, 2.24) is 4.98 Å². The lowest BCUT2D eigenvalue weighted by Gasteiger charge is -2.26. The summed E-state index contributed by atoms with van der Waals surface area (Å²) < 4.78 is 47.4. The van der Waals surface area contributed by atoms with Crippen molar-refractivity contribution in [3.8, 4) is 5.75 Å². The topological polar surface area (TPSA) is 54.8 Å². The quantitative estimate of drug-likeness (QED) is 0.307. The van der Waals surface area contributed by atoms with Gasteiger partial charge in [0.05, 0.1) is 23.6 Å². The van der Waals surface area contributed by atoms with Crippen molar-refractivity contribution < 1.29 is 22.7 Å². The summed E-state index contributed by atoms with van der Waals surface area (Å²) in [5, 5.41) is 0.526. The van der Waals surface area contributed by atoms with E-state index < -0.39 is 17.6 Å². The number of amidine groups is 1. The zero-order valence-corrected chi connectivity index (χ0v) is 21.3. The number of benzene rings is 1. The summed E-state index contributed by atoms with van der Waals surface area (Å²) in [7, 11) is 0. The van der Waals surface area contributed by atoms with Gasteiger partial charge in [0, 0.05) is 30.1 Å². The predicted octanol–water partition coefficient (Wildman–Crippen LogP) is 7.48. The molecule has 0 N–H and O–H groups in total. The van der Waals surface area contributed by atoms with Crippen LogP contribution in [-0.2, 0) is 11.0 Å². The van der Waals surface area contributed by atoms with Gasteiger partial charge in [-0.15, -0.1) is 0 Å². The first kappa shape index (κ1) is 26.3. The Labute approximate surface area is 213 Å². The Morgan fingerprint density at radius 1 is 1.17 bits per heavy atom. The minimum Gasteiger partial charge on any atom is -0.493 e. The van der Waals surface area contributed by atoms with Crippen molar-refractivity contribution in [3.05, 3.63) is 59.4 Å². The third kappa shape index (κ3) is 6.30. The van der Waals surface area contributed by atoms with Gasteiger partial charge < -0.3 is 4.74 Å². The van der Waals surface area contributed by atoms with E-state index in [-0.39, 0.29) is 23.3 Å².